The highest BCUT2D eigenvalue weighted by Crippen LogP contribution is 2.09. The number of aliphatic carboxylic acids is 1. The van der Waals surface area contributed by atoms with E-state index < -0.39 is 12.0 Å². The minimum atomic E-state index is -0.924. The average molecular weight is 242 g/mol. The van der Waals surface area contributed by atoms with E-state index in [1.165, 1.54) is 4.88 Å². The van der Waals surface area contributed by atoms with E-state index >= 15 is 0 Å². The molecule has 1 aromatic rings. The summed E-state index contributed by atoms with van der Waals surface area (Å²) in [6.07, 6.45) is 1.51. The van der Waals surface area contributed by atoms with Crippen LogP contribution < -0.4 is 5.73 Å². The molecule has 4 nitrogen and oxygen atoms in total. The standard InChI is InChI=1S/C11H18N2O2S/c1-13(7-5-10(12)11(14)15)6-4-9-3-2-8-16-9/h2-3,8,10H,4-7,12H2,1H3,(H,14,15). The second-order valence-corrected chi connectivity index (χ2v) is 4.90. The average Bonchev–Trinajstić information content (AvgIpc) is 2.75. The fraction of sp³-hybridized carbons (Fsp3) is 0.545. The maximum Gasteiger partial charge on any atom is 0.320 e. The summed E-state index contributed by atoms with van der Waals surface area (Å²) in [6.45, 7) is 1.66. The molecule has 1 atom stereocenters. The lowest BCUT2D eigenvalue weighted by molar-refractivity contribution is -0.138. The van der Waals surface area contributed by atoms with Crippen LogP contribution in [-0.4, -0.2) is 42.2 Å². The number of carboxylic acid groups (broad SMARTS) is 1. The van der Waals surface area contributed by atoms with Gasteiger partial charge in [0.25, 0.3) is 0 Å². The van der Waals surface area contributed by atoms with Gasteiger partial charge in [-0.2, -0.15) is 0 Å². The molecule has 16 heavy (non-hydrogen) atoms. The van der Waals surface area contributed by atoms with Crippen molar-refractivity contribution in [1.82, 2.24) is 4.90 Å². The first kappa shape index (κ1) is 13.2. The van der Waals surface area contributed by atoms with E-state index in [1.54, 1.807) is 11.3 Å². The minimum absolute atomic E-state index is 0.496. The lowest BCUT2D eigenvalue weighted by atomic mass is 10.2. The predicted octanol–water partition coefficient (Wildman–Crippen LogP) is 1.02. The van der Waals surface area contributed by atoms with Crippen LogP contribution >= 0.6 is 11.3 Å². The largest absolute Gasteiger partial charge is 0.480 e. The molecule has 0 fully saturated rings. The summed E-state index contributed by atoms with van der Waals surface area (Å²) in [5.41, 5.74) is 5.43. The fourth-order valence-corrected chi connectivity index (χ4v) is 2.05. The molecular weight excluding hydrogens is 224 g/mol. The zero-order valence-electron chi connectivity index (χ0n) is 9.43. The summed E-state index contributed by atoms with van der Waals surface area (Å²) in [6, 6.07) is 3.41. The number of rotatable bonds is 7. The number of hydrogen-bond acceptors (Lipinski definition) is 4. The van der Waals surface area contributed by atoms with Crippen molar-refractivity contribution in [2.24, 2.45) is 5.73 Å². The molecule has 0 aliphatic carbocycles. The Kier molecular flexibility index (Phi) is 5.45. The molecule has 1 heterocycles. The van der Waals surface area contributed by atoms with E-state index in [1.807, 2.05) is 13.1 Å². The van der Waals surface area contributed by atoms with Gasteiger partial charge in [-0.1, -0.05) is 6.07 Å². The van der Waals surface area contributed by atoms with Crippen LogP contribution in [0, 0.1) is 0 Å². The molecular formula is C11H18N2O2S. The topological polar surface area (TPSA) is 66.6 Å². The van der Waals surface area contributed by atoms with Gasteiger partial charge in [0, 0.05) is 11.4 Å². The molecule has 0 aliphatic rings. The number of hydrogen-bond donors (Lipinski definition) is 2. The quantitative estimate of drug-likeness (QED) is 0.749. The highest BCUT2D eigenvalue weighted by molar-refractivity contribution is 7.09. The van der Waals surface area contributed by atoms with E-state index in [0.717, 1.165) is 19.5 Å². The van der Waals surface area contributed by atoms with Crippen LogP contribution in [0.15, 0.2) is 17.5 Å². The van der Waals surface area contributed by atoms with Gasteiger partial charge in [-0.3, -0.25) is 4.79 Å². The Bertz CT molecular complexity index is 314. The second kappa shape index (κ2) is 6.62. The Morgan fingerprint density at radius 2 is 2.38 bits per heavy atom. The smallest absolute Gasteiger partial charge is 0.320 e. The molecule has 90 valence electrons. The number of nitrogens with zero attached hydrogens (tertiary/aromatic N) is 1. The van der Waals surface area contributed by atoms with Crippen LogP contribution in [0.25, 0.3) is 0 Å². The van der Waals surface area contributed by atoms with Crippen molar-refractivity contribution in [2.75, 3.05) is 20.1 Å². The molecule has 0 amide bonds. The molecule has 0 aliphatic heterocycles. The zero-order valence-corrected chi connectivity index (χ0v) is 10.2. The fourth-order valence-electron chi connectivity index (χ4n) is 1.35. The van der Waals surface area contributed by atoms with Gasteiger partial charge in [-0.25, -0.2) is 0 Å². The second-order valence-electron chi connectivity index (χ2n) is 3.87. The summed E-state index contributed by atoms with van der Waals surface area (Å²) in [5, 5.41) is 10.7. The molecule has 0 radical (unpaired) electrons. The SMILES string of the molecule is CN(CCc1cccs1)CCC(N)C(=O)O. The van der Waals surface area contributed by atoms with Crippen LogP contribution in [0.1, 0.15) is 11.3 Å². The summed E-state index contributed by atoms with van der Waals surface area (Å²) in [7, 11) is 1.99. The Balaban J connectivity index is 2.16. The first-order chi connectivity index (χ1) is 7.59. The molecule has 1 rings (SSSR count). The third kappa shape index (κ3) is 4.74. The molecule has 5 heteroatoms. The predicted molar refractivity (Wildman–Crippen MR) is 65.7 cm³/mol. The van der Waals surface area contributed by atoms with Gasteiger partial charge < -0.3 is 15.7 Å². The van der Waals surface area contributed by atoms with Crippen molar-refractivity contribution < 1.29 is 9.90 Å². The van der Waals surface area contributed by atoms with Gasteiger partial charge in [-0.15, -0.1) is 11.3 Å². The van der Waals surface area contributed by atoms with Crippen LogP contribution in [0.5, 0.6) is 0 Å². The van der Waals surface area contributed by atoms with E-state index in [4.69, 9.17) is 10.8 Å². The normalized spacial score (nSPS) is 12.9. The Hall–Kier alpha value is -0.910. The number of nitrogens with two attached hydrogens (primary N) is 1. The summed E-state index contributed by atoms with van der Waals surface area (Å²) in [4.78, 5) is 14.0. The first-order valence-electron chi connectivity index (χ1n) is 5.29. The van der Waals surface area contributed by atoms with Gasteiger partial charge >= 0.3 is 5.97 Å². The Morgan fingerprint density at radius 1 is 1.62 bits per heavy atom. The summed E-state index contributed by atoms with van der Waals surface area (Å²) < 4.78 is 0. The minimum Gasteiger partial charge on any atom is -0.480 e. The van der Waals surface area contributed by atoms with E-state index in [2.05, 4.69) is 16.3 Å². The Labute approximate surface area is 99.7 Å². The lowest BCUT2D eigenvalue weighted by Gasteiger charge is -2.17. The monoisotopic (exact) mass is 242 g/mol. The van der Waals surface area contributed by atoms with Crippen molar-refractivity contribution in [3.63, 3.8) is 0 Å². The van der Waals surface area contributed by atoms with E-state index in [9.17, 15) is 4.79 Å². The molecule has 0 saturated heterocycles. The number of likely N-dealkylation sites (N-methyl/N-ethyl adjacent to an activating group) is 1. The number of carboxylic acids is 1. The van der Waals surface area contributed by atoms with Crippen molar-refractivity contribution >= 4 is 17.3 Å². The number of thiophene rings is 1. The summed E-state index contributed by atoms with van der Waals surface area (Å²) in [5.74, 6) is -0.924. The first-order valence-corrected chi connectivity index (χ1v) is 6.17. The van der Waals surface area contributed by atoms with Crippen LogP contribution in [0.2, 0.25) is 0 Å². The molecule has 0 saturated carbocycles. The van der Waals surface area contributed by atoms with Crippen molar-refractivity contribution in [2.45, 2.75) is 18.9 Å². The third-order valence-electron chi connectivity index (χ3n) is 2.46. The Morgan fingerprint density at radius 3 is 2.94 bits per heavy atom. The van der Waals surface area contributed by atoms with Gasteiger partial charge in [0.1, 0.15) is 6.04 Å². The van der Waals surface area contributed by atoms with E-state index in [-0.39, 0.29) is 0 Å². The van der Waals surface area contributed by atoms with Crippen molar-refractivity contribution in [3.8, 4) is 0 Å². The van der Waals surface area contributed by atoms with Gasteiger partial charge in [0.05, 0.1) is 0 Å². The van der Waals surface area contributed by atoms with Gasteiger partial charge in [0.2, 0.25) is 0 Å². The van der Waals surface area contributed by atoms with Gasteiger partial charge in [-0.05, 0) is 37.9 Å². The highest BCUT2D eigenvalue weighted by Gasteiger charge is 2.11. The van der Waals surface area contributed by atoms with Crippen LogP contribution in [-0.2, 0) is 11.2 Å². The van der Waals surface area contributed by atoms with Crippen molar-refractivity contribution in [1.29, 1.82) is 0 Å². The molecule has 1 unspecified atom stereocenters. The van der Waals surface area contributed by atoms with Gasteiger partial charge in [0.15, 0.2) is 0 Å². The van der Waals surface area contributed by atoms with E-state index in [0.29, 0.717) is 6.42 Å². The lowest BCUT2D eigenvalue weighted by Crippen LogP contribution is -2.34. The third-order valence-corrected chi connectivity index (χ3v) is 3.40. The maximum atomic E-state index is 10.5. The molecule has 3 N–H and O–H groups in total. The molecule has 0 aromatic carbocycles. The van der Waals surface area contributed by atoms with Crippen LogP contribution in [0.4, 0.5) is 0 Å². The molecule has 1 aromatic heterocycles. The molecule has 0 spiro atoms. The van der Waals surface area contributed by atoms with Crippen LogP contribution in [0.3, 0.4) is 0 Å². The van der Waals surface area contributed by atoms with Crippen molar-refractivity contribution in [3.05, 3.63) is 22.4 Å². The number of carbonyl (C=O) groups is 1. The maximum absolute atomic E-state index is 10.5. The highest BCUT2D eigenvalue weighted by atomic mass is 32.1. The summed E-state index contributed by atoms with van der Waals surface area (Å²) >= 11 is 1.75. The zero-order chi connectivity index (χ0) is 12.0. The molecule has 0 bridgehead atoms.